The van der Waals surface area contributed by atoms with Crippen LogP contribution in [0, 0.1) is 17.8 Å². The number of esters is 3. The first-order valence-corrected chi connectivity index (χ1v) is 24.1. The van der Waals surface area contributed by atoms with Gasteiger partial charge >= 0.3 is 17.9 Å². The lowest BCUT2D eigenvalue weighted by Crippen LogP contribution is -2.30. The van der Waals surface area contributed by atoms with E-state index < -0.39 is 6.10 Å². The molecule has 0 saturated carbocycles. The summed E-state index contributed by atoms with van der Waals surface area (Å²) in [4.78, 5) is 37.8. The molecule has 1 unspecified atom stereocenters. The molecule has 0 aliphatic carbocycles. The van der Waals surface area contributed by atoms with Gasteiger partial charge in [-0.2, -0.15) is 0 Å². The van der Waals surface area contributed by atoms with Gasteiger partial charge in [-0.15, -0.1) is 0 Å². The third-order valence-corrected chi connectivity index (χ3v) is 11.3. The predicted molar refractivity (Wildman–Crippen MR) is 233 cm³/mol. The Bertz CT molecular complexity index is 854. The maximum atomic E-state index is 12.7. The number of carbonyl (C=O) groups is 3. The summed E-state index contributed by atoms with van der Waals surface area (Å²) in [5.41, 5.74) is 0. The van der Waals surface area contributed by atoms with Crippen molar-refractivity contribution < 1.29 is 28.6 Å². The molecule has 0 spiro atoms. The fourth-order valence-corrected chi connectivity index (χ4v) is 7.20. The van der Waals surface area contributed by atoms with Gasteiger partial charge in [0.2, 0.25) is 0 Å². The van der Waals surface area contributed by atoms with E-state index in [9.17, 15) is 14.4 Å². The summed E-state index contributed by atoms with van der Waals surface area (Å²) in [6, 6.07) is 0. The van der Waals surface area contributed by atoms with Gasteiger partial charge in [-0.1, -0.05) is 221 Å². The number of hydrogen-bond acceptors (Lipinski definition) is 6. The van der Waals surface area contributed by atoms with Gasteiger partial charge in [-0.25, -0.2) is 0 Å². The molecular formula is C49H94O6. The Kier molecular flexibility index (Phi) is 39.4. The van der Waals surface area contributed by atoms with Crippen LogP contribution in [0.4, 0.5) is 0 Å². The maximum Gasteiger partial charge on any atom is 0.306 e. The van der Waals surface area contributed by atoms with Crippen molar-refractivity contribution in [2.45, 2.75) is 266 Å². The Morgan fingerprint density at radius 3 is 0.945 bits per heavy atom. The molecule has 0 aliphatic rings. The van der Waals surface area contributed by atoms with E-state index in [1.54, 1.807) is 0 Å². The first-order valence-electron chi connectivity index (χ1n) is 24.1. The van der Waals surface area contributed by atoms with Crippen LogP contribution in [0.3, 0.4) is 0 Å². The second kappa shape index (κ2) is 40.6. The lowest BCUT2D eigenvalue weighted by Gasteiger charge is -2.18. The molecule has 0 aromatic heterocycles. The Morgan fingerprint density at radius 1 is 0.364 bits per heavy atom. The second-order valence-corrected chi connectivity index (χ2v) is 17.9. The highest BCUT2D eigenvalue weighted by Crippen LogP contribution is 2.17. The summed E-state index contributed by atoms with van der Waals surface area (Å²) >= 11 is 0. The smallest absolute Gasteiger partial charge is 0.306 e. The third kappa shape index (κ3) is 41.9. The Labute approximate surface area is 342 Å². The average molecular weight is 779 g/mol. The summed E-state index contributed by atoms with van der Waals surface area (Å²) in [5.74, 6) is 1.61. The monoisotopic (exact) mass is 779 g/mol. The molecule has 0 amide bonds. The van der Waals surface area contributed by atoms with Crippen LogP contribution < -0.4 is 0 Å². The zero-order chi connectivity index (χ0) is 40.6. The molecule has 0 heterocycles. The zero-order valence-corrected chi connectivity index (χ0v) is 37.7. The van der Waals surface area contributed by atoms with Crippen molar-refractivity contribution in [2.75, 3.05) is 13.2 Å². The average Bonchev–Trinajstić information content (AvgIpc) is 3.15. The van der Waals surface area contributed by atoms with E-state index in [0.29, 0.717) is 19.3 Å². The topological polar surface area (TPSA) is 78.9 Å². The number of hydrogen-bond donors (Lipinski definition) is 0. The van der Waals surface area contributed by atoms with Crippen molar-refractivity contribution in [3.63, 3.8) is 0 Å². The van der Waals surface area contributed by atoms with E-state index in [4.69, 9.17) is 14.2 Å². The highest BCUT2D eigenvalue weighted by Gasteiger charge is 2.19. The minimum Gasteiger partial charge on any atom is -0.462 e. The molecule has 0 saturated heterocycles. The second-order valence-electron chi connectivity index (χ2n) is 17.9. The van der Waals surface area contributed by atoms with Crippen molar-refractivity contribution in [1.29, 1.82) is 0 Å². The van der Waals surface area contributed by atoms with Crippen LogP contribution in [0.1, 0.15) is 260 Å². The van der Waals surface area contributed by atoms with Gasteiger partial charge in [0.05, 0.1) is 0 Å². The highest BCUT2D eigenvalue weighted by atomic mass is 16.6. The van der Waals surface area contributed by atoms with Crippen LogP contribution in [-0.4, -0.2) is 37.2 Å². The first-order chi connectivity index (χ1) is 26.6. The number of rotatable bonds is 42. The molecule has 0 radical (unpaired) electrons. The van der Waals surface area contributed by atoms with Crippen LogP contribution in [0.2, 0.25) is 0 Å². The SMILES string of the molecule is CCC(C)CCCCCCCCCCCCC(=O)OC[C@@H](COC(=O)CCCCCCCCCCCC(C)C)OC(=O)CCCCCCCCCCC(C)C. The molecular weight excluding hydrogens is 685 g/mol. The normalized spacial score (nSPS) is 12.7. The molecule has 0 aromatic rings. The summed E-state index contributed by atoms with van der Waals surface area (Å²) in [6.45, 7) is 13.7. The molecule has 0 fully saturated rings. The summed E-state index contributed by atoms with van der Waals surface area (Å²) in [7, 11) is 0. The molecule has 0 rings (SSSR count). The Balaban J connectivity index is 4.33. The van der Waals surface area contributed by atoms with Crippen molar-refractivity contribution in [3.8, 4) is 0 Å². The Morgan fingerprint density at radius 2 is 0.636 bits per heavy atom. The fourth-order valence-electron chi connectivity index (χ4n) is 7.20. The molecule has 0 aromatic carbocycles. The molecule has 0 bridgehead atoms. The lowest BCUT2D eigenvalue weighted by atomic mass is 9.99. The minimum absolute atomic E-state index is 0.0660. The van der Waals surface area contributed by atoms with E-state index in [2.05, 4.69) is 41.5 Å². The largest absolute Gasteiger partial charge is 0.462 e. The summed E-state index contributed by atoms with van der Waals surface area (Å²) in [6.07, 6.45) is 38.0. The number of carbonyl (C=O) groups excluding carboxylic acids is 3. The fraction of sp³-hybridized carbons (Fsp3) is 0.939. The predicted octanol–water partition coefficient (Wildman–Crippen LogP) is 15.2. The van der Waals surface area contributed by atoms with E-state index in [-0.39, 0.29) is 31.1 Å². The van der Waals surface area contributed by atoms with Crippen LogP contribution in [-0.2, 0) is 28.6 Å². The molecule has 326 valence electrons. The van der Waals surface area contributed by atoms with Gasteiger partial charge in [0.25, 0.3) is 0 Å². The van der Waals surface area contributed by atoms with Gasteiger partial charge in [0.1, 0.15) is 13.2 Å². The van der Waals surface area contributed by atoms with Crippen LogP contribution >= 0.6 is 0 Å². The van der Waals surface area contributed by atoms with Gasteiger partial charge in [-0.05, 0) is 37.0 Å². The van der Waals surface area contributed by atoms with E-state index in [1.807, 2.05) is 0 Å². The highest BCUT2D eigenvalue weighted by molar-refractivity contribution is 5.71. The molecule has 2 atom stereocenters. The molecule has 6 heteroatoms. The first kappa shape index (κ1) is 53.4. The number of ether oxygens (including phenoxy) is 3. The molecule has 0 aliphatic heterocycles. The molecule has 6 nitrogen and oxygen atoms in total. The summed E-state index contributed by atoms with van der Waals surface area (Å²) in [5, 5.41) is 0. The molecule has 0 N–H and O–H groups in total. The van der Waals surface area contributed by atoms with Gasteiger partial charge in [0.15, 0.2) is 6.10 Å². The van der Waals surface area contributed by atoms with E-state index in [1.165, 1.54) is 141 Å². The zero-order valence-electron chi connectivity index (χ0n) is 37.7. The lowest BCUT2D eigenvalue weighted by molar-refractivity contribution is -0.167. The minimum atomic E-state index is -0.762. The van der Waals surface area contributed by atoms with Gasteiger partial charge in [-0.3, -0.25) is 14.4 Å². The van der Waals surface area contributed by atoms with Crippen LogP contribution in [0.15, 0.2) is 0 Å². The summed E-state index contributed by atoms with van der Waals surface area (Å²) < 4.78 is 16.8. The van der Waals surface area contributed by atoms with Crippen LogP contribution in [0.5, 0.6) is 0 Å². The quantitative estimate of drug-likeness (QED) is 0.0349. The van der Waals surface area contributed by atoms with E-state index in [0.717, 1.165) is 75.5 Å². The third-order valence-electron chi connectivity index (χ3n) is 11.3. The van der Waals surface area contributed by atoms with Gasteiger partial charge in [0, 0.05) is 19.3 Å². The van der Waals surface area contributed by atoms with Crippen molar-refractivity contribution >= 4 is 17.9 Å². The van der Waals surface area contributed by atoms with Crippen molar-refractivity contribution in [1.82, 2.24) is 0 Å². The maximum absolute atomic E-state index is 12.7. The Hall–Kier alpha value is -1.59. The van der Waals surface area contributed by atoms with E-state index >= 15 is 0 Å². The van der Waals surface area contributed by atoms with Crippen LogP contribution in [0.25, 0.3) is 0 Å². The molecule has 55 heavy (non-hydrogen) atoms. The van der Waals surface area contributed by atoms with Gasteiger partial charge < -0.3 is 14.2 Å². The van der Waals surface area contributed by atoms with Crippen molar-refractivity contribution in [2.24, 2.45) is 17.8 Å². The van der Waals surface area contributed by atoms with Crippen molar-refractivity contribution in [3.05, 3.63) is 0 Å². The standard InChI is InChI=1S/C49H94O6/c1-7-45(6)37-31-25-19-12-8-9-13-20-26-32-38-47(50)53-41-46(55-49(52)40-34-28-22-16-15-18-24-30-36-44(4)5)42-54-48(51)39-33-27-21-14-10-11-17-23-29-35-43(2)3/h43-46H,7-42H2,1-6H3/t45?,46-/m0/s1. The number of unbranched alkanes of at least 4 members (excludes halogenated alkanes) is 24.